The molecule has 1 fully saturated rings. The highest BCUT2D eigenvalue weighted by atomic mass is 16.4. The van der Waals surface area contributed by atoms with E-state index in [-0.39, 0.29) is 19.0 Å². The summed E-state index contributed by atoms with van der Waals surface area (Å²) >= 11 is 0. The van der Waals surface area contributed by atoms with Crippen LogP contribution >= 0.6 is 0 Å². The number of nitrogens with one attached hydrogen (secondary N) is 1. The highest BCUT2D eigenvalue weighted by Gasteiger charge is 2.27. The number of piperidine rings is 1. The van der Waals surface area contributed by atoms with E-state index in [1.807, 2.05) is 6.20 Å². The normalized spacial score (nSPS) is 18.5. The third-order valence-corrected chi connectivity index (χ3v) is 4.80. The zero-order valence-corrected chi connectivity index (χ0v) is 13.3. The van der Waals surface area contributed by atoms with Gasteiger partial charge in [-0.2, -0.15) is 0 Å². The predicted molar refractivity (Wildman–Crippen MR) is 84.4 cm³/mol. The molecule has 1 aromatic heterocycles. The number of imidazole rings is 1. The number of likely N-dealkylation sites (tertiary alicyclic amines) is 1. The van der Waals surface area contributed by atoms with Crippen LogP contribution in [0.5, 0.6) is 0 Å². The molecule has 2 N–H and O–H groups in total. The van der Waals surface area contributed by atoms with E-state index in [0.29, 0.717) is 19.0 Å². The lowest BCUT2D eigenvalue weighted by molar-refractivity contribution is -0.136. The molecule has 0 saturated carbocycles. The molecule has 0 radical (unpaired) electrons. The van der Waals surface area contributed by atoms with Crippen molar-refractivity contribution in [1.82, 2.24) is 19.8 Å². The van der Waals surface area contributed by atoms with Crippen molar-refractivity contribution in [3.63, 3.8) is 0 Å². The lowest BCUT2D eigenvalue weighted by Gasteiger charge is -2.32. The largest absolute Gasteiger partial charge is 0.481 e. The van der Waals surface area contributed by atoms with Gasteiger partial charge >= 0.3 is 12.0 Å². The average molecular weight is 320 g/mol. The summed E-state index contributed by atoms with van der Waals surface area (Å²) in [4.78, 5) is 28.9. The van der Waals surface area contributed by atoms with E-state index in [2.05, 4.69) is 14.9 Å². The molecule has 0 spiro atoms. The van der Waals surface area contributed by atoms with Crippen molar-refractivity contribution in [1.29, 1.82) is 0 Å². The summed E-state index contributed by atoms with van der Waals surface area (Å²) in [6.45, 7) is 2.65. The molecule has 126 valence electrons. The van der Waals surface area contributed by atoms with Crippen LogP contribution in [0, 0.1) is 0 Å². The van der Waals surface area contributed by atoms with Crippen LogP contribution in [0.4, 0.5) is 4.79 Å². The molecule has 3 rings (SSSR count). The van der Waals surface area contributed by atoms with E-state index in [1.54, 1.807) is 4.90 Å². The zero-order chi connectivity index (χ0) is 16.2. The van der Waals surface area contributed by atoms with Gasteiger partial charge in [0.1, 0.15) is 5.82 Å². The number of nitrogens with zero attached hydrogens (tertiary/aromatic N) is 3. The molecule has 2 amide bonds. The van der Waals surface area contributed by atoms with Gasteiger partial charge < -0.3 is 19.9 Å². The number of carboxylic acid groups (broad SMARTS) is 1. The van der Waals surface area contributed by atoms with Crippen LogP contribution in [0.1, 0.15) is 49.5 Å². The number of carbonyl (C=O) groups excluding carboxylic acids is 1. The van der Waals surface area contributed by atoms with E-state index in [4.69, 9.17) is 5.11 Å². The highest BCUT2D eigenvalue weighted by molar-refractivity contribution is 5.75. The van der Waals surface area contributed by atoms with Gasteiger partial charge in [0.05, 0.1) is 6.42 Å². The standard InChI is InChI=1S/C16H24N4O3/c21-14(22)4-7-17-16(23)19-9-5-12(6-10-19)15-18-11-13-3-1-2-8-20(13)15/h11-12H,1-10H2,(H,17,23)(H,21,22). The molecule has 0 aromatic carbocycles. The topological polar surface area (TPSA) is 87.5 Å². The van der Waals surface area contributed by atoms with Crippen LogP contribution in [-0.2, 0) is 17.8 Å². The second-order valence-electron chi connectivity index (χ2n) is 6.35. The number of urea groups is 1. The summed E-state index contributed by atoms with van der Waals surface area (Å²) in [5, 5.41) is 11.3. The van der Waals surface area contributed by atoms with Crippen molar-refractivity contribution in [2.75, 3.05) is 19.6 Å². The first kappa shape index (κ1) is 15.8. The molecule has 0 unspecified atom stereocenters. The summed E-state index contributed by atoms with van der Waals surface area (Å²) in [6.07, 6.45) is 7.41. The van der Waals surface area contributed by atoms with Crippen molar-refractivity contribution in [3.8, 4) is 0 Å². The number of hydrogen-bond acceptors (Lipinski definition) is 3. The number of hydrogen-bond donors (Lipinski definition) is 2. The fourth-order valence-corrected chi connectivity index (χ4v) is 3.52. The van der Waals surface area contributed by atoms with Crippen LogP contribution in [0.15, 0.2) is 6.20 Å². The molecule has 2 aliphatic rings. The first-order valence-corrected chi connectivity index (χ1v) is 8.44. The Balaban J connectivity index is 1.51. The summed E-state index contributed by atoms with van der Waals surface area (Å²) in [7, 11) is 0. The molecular formula is C16H24N4O3. The third kappa shape index (κ3) is 3.65. The molecule has 0 bridgehead atoms. The molecule has 1 aromatic rings. The Morgan fingerprint density at radius 3 is 2.78 bits per heavy atom. The van der Waals surface area contributed by atoms with Crippen LogP contribution < -0.4 is 5.32 Å². The second-order valence-corrected chi connectivity index (χ2v) is 6.35. The van der Waals surface area contributed by atoms with Gasteiger partial charge in [0.15, 0.2) is 0 Å². The van der Waals surface area contributed by atoms with E-state index in [9.17, 15) is 9.59 Å². The van der Waals surface area contributed by atoms with Crippen LogP contribution in [-0.4, -0.2) is 51.2 Å². The van der Waals surface area contributed by atoms with Gasteiger partial charge in [0.2, 0.25) is 0 Å². The molecular weight excluding hydrogens is 296 g/mol. The quantitative estimate of drug-likeness (QED) is 0.882. The molecule has 7 nitrogen and oxygen atoms in total. The third-order valence-electron chi connectivity index (χ3n) is 4.80. The maximum Gasteiger partial charge on any atom is 0.317 e. The minimum absolute atomic E-state index is 0.0393. The van der Waals surface area contributed by atoms with Gasteiger partial charge in [-0.1, -0.05) is 0 Å². The monoisotopic (exact) mass is 320 g/mol. The number of aromatic nitrogens is 2. The number of aryl methyl sites for hydroxylation is 1. The first-order chi connectivity index (χ1) is 11.1. The lowest BCUT2D eigenvalue weighted by atomic mass is 9.95. The molecule has 0 atom stereocenters. The van der Waals surface area contributed by atoms with E-state index in [0.717, 1.165) is 25.8 Å². The Bertz CT molecular complexity index is 576. The van der Waals surface area contributed by atoms with Crippen molar-refractivity contribution in [2.45, 2.75) is 51.0 Å². The Hall–Kier alpha value is -2.05. The number of carboxylic acids is 1. The van der Waals surface area contributed by atoms with Gasteiger partial charge in [0, 0.05) is 44.0 Å². The van der Waals surface area contributed by atoms with Crippen LogP contribution in [0.25, 0.3) is 0 Å². The van der Waals surface area contributed by atoms with Crippen LogP contribution in [0.2, 0.25) is 0 Å². The molecule has 1 saturated heterocycles. The average Bonchev–Trinajstić information content (AvgIpc) is 2.98. The van der Waals surface area contributed by atoms with Gasteiger partial charge in [-0.05, 0) is 32.1 Å². The Labute approximate surface area is 135 Å². The maximum absolute atomic E-state index is 12.0. The zero-order valence-electron chi connectivity index (χ0n) is 13.3. The predicted octanol–water partition coefficient (Wildman–Crippen LogP) is 1.58. The Kier molecular flexibility index (Phi) is 4.83. The van der Waals surface area contributed by atoms with Crippen molar-refractivity contribution >= 4 is 12.0 Å². The molecule has 23 heavy (non-hydrogen) atoms. The lowest BCUT2D eigenvalue weighted by Crippen LogP contribution is -2.44. The Morgan fingerprint density at radius 1 is 1.26 bits per heavy atom. The number of aliphatic carboxylic acids is 1. The number of carbonyl (C=O) groups is 2. The molecule has 7 heteroatoms. The minimum atomic E-state index is -0.895. The van der Waals surface area contributed by atoms with Crippen molar-refractivity contribution in [2.24, 2.45) is 0 Å². The summed E-state index contributed by atoms with van der Waals surface area (Å²) < 4.78 is 2.37. The maximum atomic E-state index is 12.0. The first-order valence-electron chi connectivity index (χ1n) is 8.44. The smallest absolute Gasteiger partial charge is 0.317 e. The van der Waals surface area contributed by atoms with Gasteiger partial charge in [-0.25, -0.2) is 9.78 Å². The van der Waals surface area contributed by atoms with Crippen molar-refractivity contribution < 1.29 is 14.7 Å². The SMILES string of the molecule is O=C(O)CCNC(=O)N1CCC(c2ncc3n2CCCC3)CC1. The summed E-state index contributed by atoms with van der Waals surface area (Å²) in [5.41, 5.74) is 1.35. The summed E-state index contributed by atoms with van der Waals surface area (Å²) in [5.74, 6) is 0.712. The van der Waals surface area contributed by atoms with Crippen molar-refractivity contribution in [3.05, 3.63) is 17.7 Å². The highest BCUT2D eigenvalue weighted by Crippen LogP contribution is 2.29. The molecule has 2 aliphatic heterocycles. The molecule has 0 aliphatic carbocycles. The van der Waals surface area contributed by atoms with E-state index >= 15 is 0 Å². The van der Waals surface area contributed by atoms with Crippen LogP contribution in [0.3, 0.4) is 0 Å². The summed E-state index contributed by atoms with van der Waals surface area (Å²) in [6, 6.07) is -0.158. The number of amides is 2. The van der Waals surface area contributed by atoms with E-state index in [1.165, 1.54) is 24.4 Å². The van der Waals surface area contributed by atoms with Gasteiger partial charge in [-0.15, -0.1) is 0 Å². The van der Waals surface area contributed by atoms with Gasteiger partial charge in [0.25, 0.3) is 0 Å². The number of rotatable bonds is 4. The second kappa shape index (κ2) is 7.02. The van der Waals surface area contributed by atoms with E-state index < -0.39 is 5.97 Å². The molecule has 3 heterocycles. The minimum Gasteiger partial charge on any atom is -0.481 e. The Morgan fingerprint density at radius 2 is 2.04 bits per heavy atom. The van der Waals surface area contributed by atoms with Gasteiger partial charge in [-0.3, -0.25) is 4.79 Å². The number of fused-ring (bicyclic) bond motifs is 1. The fraction of sp³-hybridized carbons (Fsp3) is 0.688. The fourth-order valence-electron chi connectivity index (χ4n) is 3.52.